The SMILES string of the molecule is CCOCC1(CNc2nc(=NC3CC3)n3nc/c(=C\c4[nH]c(=O)[nH]c4O)c3n2)CC1. The first-order chi connectivity index (χ1) is 14.5. The van der Waals surface area contributed by atoms with E-state index in [4.69, 9.17) is 4.74 Å². The van der Waals surface area contributed by atoms with Crippen molar-refractivity contribution >= 4 is 17.7 Å². The highest BCUT2D eigenvalue weighted by molar-refractivity contribution is 5.57. The number of rotatable bonds is 8. The molecule has 11 heteroatoms. The number of hydrogen-bond donors (Lipinski definition) is 4. The molecule has 11 nitrogen and oxygen atoms in total. The summed E-state index contributed by atoms with van der Waals surface area (Å²) >= 11 is 0. The van der Waals surface area contributed by atoms with E-state index in [1.807, 2.05) is 6.92 Å². The molecule has 2 aliphatic carbocycles. The number of aromatic amines is 2. The third-order valence-corrected chi connectivity index (χ3v) is 5.45. The van der Waals surface area contributed by atoms with Crippen LogP contribution in [-0.4, -0.2) is 60.5 Å². The Morgan fingerprint density at radius 1 is 1.40 bits per heavy atom. The van der Waals surface area contributed by atoms with Gasteiger partial charge in [0.25, 0.3) is 5.62 Å². The van der Waals surface area contributed by atoms with Crippen molar-refractivity contribution < 1.29 is 9.84 Å². The molecule has 3 aromatic heterocycles. The fourth-order valence-corrected chi connectivity index (χ4v) is 3.29. The number of nitrogens with one attached hydrogen (secondary N) is 3. The summed E-state index contributed by atoms with van der Waals surface area (Å²) in [6.45, 7) is 4.16. The van der Waals surface area contributed by atoms with Gasteiger partial charge < -0.3 is 20.1 Å². The number of anilines is 1. The molecule has 0 bridgehead atoms. The van der Waals surface area contributed by atoms with Crippen LogP contribution in [0.1, 0.15) is 38.3 Å². The molecular formula is C19H24N8O3. The van der Waals surface area contributed by atoms with Crippen LogP contribution in [0.5, 0.6) is 5.88 Å². The lowest BCUT2D eigenvalue weighted by Gasteiger charge is -2.15. The second kappa shape index (κ2) is 7.24. The predicted molar refractivity (Wildman–Crippen MR) is 108 cm³/mol. The largest absolute Gasteiger partial charge is 0.493 e. The van der Waals surface area contributed by atoms with Gasteiger partial charge in [-0.3, -0.25) is 4.98 Å². The molecule has 30 heavy (non-hydrogen) atoms. The summed E-state index contributed by atoms with van der Waals surface area (Å²) in [4.78, 5) is 30.1. The second-order valence-electron chi connectivity index (χ2n) is 8.02. The molecule has 0 spiro atoms. The Bertz CT molecular complexity index is 1250. The zero-order valence-electron chi connectivity index (χ0n) is 16.7. The molecule has 2 aliphatic rings. The maximum atomic E-state index is 11.4. The van der Waals surface area contributed by atoms with Crippen molar-refractivity contribution in [3.05, 3.63) is 33.2 Å². The van der Waals surface area contributed by atoms with Crippen molar-refractivity contribution in [2.45, 2.75) is 38.6 Å². The molecule has 0 saturated heterocycles. The third kappa shape index (κ3) is 3.80. The highest BCUT2D eigenvalue weighted by Gasteiger charge is 2.42. The fraction of sp³-hybridized carbons (Fsp3) is 0.526. The van der Waals surface area contributed by atoms with Crippen molar-refractivity contribution in [2.75, 3.05) is 25.1 Å². The van der Waals surface area contributed by atoms with Gasteiger partial charge in [0, 0.05) is 23.8 Å². The van der Waals surface area contributed by atoms with Crippen molar-refractivity contribution in [3.8, 4) is 5.88 Å². The highest BCUT2D eigenvalue weighted by Crippen LogP contribution is 2.45. The predicted octanol–water partition coefficient (Wildman–Crippen LogP) is -0.314. The average Bonchev–Trinajstić information content (AvgIpc) is 3.63. The molecule has 3 aromatic rings. The number of nitrogens with zero attached hydrogens (tertiary/aromatic N) is 5. The molecule has 2 saturated carbocycles. The Morgan fingerprint density at radius 2 is 2.23 bits per heavy atom. The standard InChI is InChI=1S/C19H24N8O3/c1-2-30-10-19(5-6-19)9-20-16-24-14-11(7-13-15(28)25-18(29)23-13)8-21-27(14)17(26-16)22-12-3-4-12/h7-8,12,28H,2-6,9-10H2,1H3,(H,20,22,26)(H2,23,25,29)/b11-7+. The maximum absolute atomic E-state index is 11.4. The minimum absolute atomic E-state index is 0.144. The van der Waals surface area contributed by atoms with Crippen LogP contribution in [0.15, 0.2) is 16.0 Å². The number of ether oxygens (including phenoxy) is 1. The van der Waals surface area contributed by atoms with Crippen LogP contribution >= 0.6 is 0 Å². The lowest BCUT2D eigenvalue weighted by Crippen LogP contribution is -2.27. The van der Waals surface area contributed by atoms with Gasteiger partial charge in [0.2, 0.25) is 11.8 Å². The van der Waals surface area contributed by atoms with Crippen molar-refractivity contribution in [1.29, 1.82) is 0 Å². The van der Waals surface area contributed by atoms with Gasteiger partial charge in [0.05, 0.1) is 18.8 Å². The van der Waals surface area contributed by atoms with E-state index in [9.17, 15) is 9.90 Å². The average molecular weight is 412 g/mol. The van der Waals surface area contributed by atoms with E-state index in [-0.39, 0.29) is 23.0 Å². The Balaban J connectivity index is 1.53. The highest BCUT2D eigenvalue weighted by atomic mass is 16.5. The van der Waals surface area contributed by atoms with Crippen LogP contribution in [0.4, 0.5) is 5.95 Å². The van der Waals surface area contributed by atoms with E-state index in [1.54, 1.807) is 16.8 Å². The smallest absolute Gasteiger partial charge is 0.326 e. The van der Waals surface area contributed by atoms with Crippen molar-refractivity contribution in [1.82, 2.24) is 29.5 Å². The van der Waals surface area contributed by atoms with Crippen molar-refractivity contribution in [3.63, 3.8) is 0 Å². The summed E-state index contributed by atoms with van der Waals surface area (Å²) in [6, 6.07) is 0.269. The first-order valence-electron chi connectivity index (χ1n) is 10.2. The van der Waals surface area contributed by atoms with Gasteiger partial charge in [-0.2, -0.15) is 19.6 Å². The molecule has 0 unspecified atom stereocenters. The van der Waals surface area contributed by atoms with Crippen LogP contribution in [0.2, 0.25) is 0 Å². The van der Waals surface area contributed by atoms with Crippen LogP contribution in [0.3, 0.4) is 0 Å². The Kier molecular flexibility index (Phi) is 4.54. The zero-order valence-corrected chi connectivity index (χ0v) is 16.7. The topological polar surface area (TPSA) is 146 Å². The molecule has 0 aliphatic heterocycles. The quantitative estimate of drug-likeness (QED) is 0.397. The molecule has 0 amide bonds. The molecule has 3 heterocycles. The van der Waals surface area contributed by atoms with Gasteiger partial charge in [-0.25, -0.2) is 9.79 Å². The summed E-state index contributed by atoms with van der Waals surface area (Å²) in [5.41, 5.74) is 0.956. The molecule has 0 radical (unpaired) electrons. The van der Waals surface area contributed by atoms with E-state index in [1.165, 1.54) is 0 Å². The molecule has 2 fully saturated rings. The zero-order chi connectivity index (χ0) is 20.7. The monoisotopic (exact) mass is 412 g/mol. The summed E-state index contributed by atoms with van der Waals surface area (Å²) < 4.78 is 7.20. The van der Waals surface area contributed by atoms with E-state index in [0.717, 1.165) is 38.8 Å². The number of hydrogen-bond acceptors (Lipinski definition) is 8. The molecule has 0 aromatic carbocycles. The van der Waals surface area contributed by atoms with Crippen molar-refractivity contribution in [2.24, 2.45) is 10.4 Å². The minimum atomic E-state index is -0.486. The second-order valence-corrected chi connectivity index (χ2v) is 8.02. The number of aromatic nitrogens is 6. The first kappa shape index (κ1) is 18.8. The number of imidazole rings is 1. The van der Waals surface area contributed by atoms with Crippen LogP contribution in [0, 0.1) is 5.41 Å². The van der Waals surface area contributed by atoms with Gasteiger partial charge in [-0.05, 0) is 38.7 Å². The number of H-pyrrole nitrogens is 2. The minimum Gasteiger partial charge on any atom is -0.493 e. The Morgan fingerprint density at radius 3 is 2.90 bits per heavy atom. The van der Waals surface area contributed by atoms with Gasteiger partial charge >= 0.3 is 5.69 Å². The number of fused-ring (bicyclic) bond motifs is 1. The van der Waals surface area contributed by atoms with Crippen LogP contribution in [-0.2, 0) is 4.74 Å². The van der Waals surface area contributed by atoms with Gasteiger partial charge in [-0.15, -0.1) is 0 Å². The Labute approximate surface area is 170 Å². The summed E-state index contributed by atoms with van der Waals surface area (Å²) in [5.74, 6) is 0.243. The number of aromatic hydroxyl groups is 1. The Hall–Kier alpha value is -3.21. The summed E-state index contributed by atoms with van der Waals surface area (Å²) in [6.07, 6.45) is 7.56. The third-order valence-electron chi connectivity index (χ3n) is 5.45. The van der Waals surface area contributed by atoms with Crippen LogP contribution < -0.4 is 21.8 Å². The first-order valence-corrected chi connectivity index (χ1v) is 10.2. The summed E-state index contributed by atoms with van der Waals surface area (Å²) in [5, 5.41) is 18.2. The normalized spacial score (nSPS) is 19.0. The molecule has 0 atom stereocenters. The summed E-state index contributed by atoms with van der Waals surface area (Å²) in [7, 11) is 0. The lowest BCUT2D eigenvalue weighted by molar-refractivity contribution is 0.105. The van der Waals surface area contributed by atoms with E-state index >= 15 is 0 Å². The van der Waals surface area contributed by atoms with E-state index in [2.05, 4.69) is 35.3 Å². The molecule has 158 valence electrons. The van der Waals surface area contributed by atoms with E-state index < -0.39 is 5.69 Å². The lowest BCUT2D eigenvalue weighted by atomic mass is 10.1. The molecule has 4 N–H and O–H groups in total. The van der Waals surface area contributed by atoms with Gasteiger partial charge in [0.15, 0.2) is 5.65 Å². The maximum Gasteiger partial charge on any atom is 0.326 e. The van der Waals surface area contributed by atoms with Crippen LogP contribution in [0.25, 0.3) is 11.7 Å². The van der Waals surface area contributed by atoms with E-state index in [0.29, 0.717) is 29.0 Å². The molecular weight excluding hydrogens is 388 g/mol. The fourth-order valence-electron chi connectivity index (χ4n) is 3.29. The van der Waals surface area contributed by atoms with Gasteiger partial charge in [0.1, 0.15) is 5.69 Å². The molecule has 5 rings (SSSR count). The van der Waals surface area contributed by atoms with Gasteiger partial charge in [-0.1, -0.05) is 0 Å².